The van der Waals surface area contributed by atoms with Gasteiger partial charge in [-0.3, -0.25) is 24.1 Å². The molecule has 1 atom stereocenters. The van der Waals surface area contributed by atoms with E-state index in [1.807, 2.05) is 0 Å². The van der Waals surface area contributed by atoms with Crippen molar-refractivity contribution in [2.45, 2.75) is 13.5 Å². The summed E-state index contributed by atoms with van der Waals surface area (Å²) in [6.45, 7) is 1.16. The quantitative estimate of drug-likeness (QED) is 0.604. The monoisotopic (exact) mass is 353 g/mol. The summed E-state index contributed by atoms with van der Waals surface area (Å²) < 4.78 is 5.17. The van der Waals surface area contributed by atoms with E-state index in [1.54, 1.807) is 18.2 Å². The second kappa shape index (κ2) is 5.77. The Morgan fingerprint density at radius 1 is 1.33 bits per heavy atom. The summed E-state index contributed by atoms with van der Waals surface area (Å²) in [5.74, 6) is -4.59. The van der Waals surface area contributed by atoms with Gasteiger partial charge in [0.15, 0.2) is 11.7 Å². The molecule has 1 aromatic carbocycles. The Morgan fingerprint density at radius 2 is 2.00 bits per heavy atom. The first-order valence-corrected chi connectivity index (χ1v) is 6.88. The molecule has 0 saturated heterocycles. The third kappa shape index (κ3) is 2.73. The van der Waals surface area contributed by atoms with E-state index in [-0.39, 0.29) is 6.54 Å². The zero-order chi connectivity index (χ0) is 15.7. The first-order chi connectivity index (χ1) is 9.86. The number of Topliss-reactive ketones (excluding diaryl/α,β-unsaturated/α-hetero) is 1. The number of carbonyl (C=O) groups excluding carboxylic acids is 4. The highest BCUT2D eigenvalue weighted by Gasteiger charge is 2.41. The van der Waals surface area contributed by atoms with Crippen LogP contribution in [0, 0.1) is 5.92 Å². The zero-order valence-corrected chi connectivity index (χ0v) is 13.0. The van der Waals surface area contributed by atoms with Gasteiger partial charge in [0.25, 0.3) is 11.8 Å². The number of nitrogens with zero attached hydrogens (tertiary/aromatic N) is 1. The smallest absolute Gasteiger partial charge is 0.325 e. The van der Waals surface area contributed by atoms with Crippen LogP contribution in [-0.4, -0.2) is 35.6 Å². The van der Waals surface area contributed by atoms with Gasteiger partial charge in [-0.25, -0.2) is 0 Å². The number of carbonyl (C=O) groups is 4. The van der Waals surface area contributed by atoms with E-state index < -0.39 is 29.5 Å². The topological polar surface area (TPSA) is 80.8 Å². The van der Waals surface area contributed by atoms with Gasteiger partial charge < -0.3 is 4.74 Å². The Bertz CT molecular complexity index is 655. The van der Waals surface area contributed by atoms with Crippen LogP contribution in [0.5, 0.6) is 0 Å². The van der Waals surface area contributed by atoms with Crippen LogP contribution in [0.1, 0.15) is 22.8 Å². The number of ketones is 1. The average molecular weight is 354 g/mol. The average Bonchev–Trinajstić information content (AvgIpc) is 2.75. The maximum Gasteiger partial charge on any atom is 0.325 e. The SMILES string of the molecule is COC(=O)C(C(C)=O)C(=O)N1Cc2ccc(Br)cc2C1=O. The first-order valence-electron chi connectivity index (χ1n) is 6.09. The number of benzene rings is 1. The van der Waals surface area contributed by atoms with E-state index >= 15 is 0 Å². The summed E-state index contributed by atoms with van der Waals surface area (Å²) >= 11 is 3.25. The normalized spacial score (nSPS) is 14.6. The molecule has 21 heavy (non-hydrogen) atoms. The summed E-state index contributed by atoms with van der Waals surface area (Å²) in [5, 5.41) is 0. The minimum Gasteiger partial charge on any atom is -0.468 e. The number of esters is 1. The standard InChI is InChI=1S/C14H12BrNO5/c1-7(17)11(14(20)21-2)13(19)16-6-8-3-4-9(15)5-10(8)12(16)18/h3-5,11H,6H2,1-2H3. The highest BCUT2D eigenvalue weighted by Crippen LogP contribution is 2.27. The molecule has 0 aliphatic carbocycles. The molecule has 6 nitrogen and oxygen atoms in total. The molecule has 2 amide bonds. The van der Waals surface area contributed by atoms with Crippen LogP contribution >= 0.6 is 15.9 Å². The minimum absolute atomic E-state index is 0.0427. The number of hydrogen-bond acceptors (Lipinski definition) is 5. The fraction of sp³-hybridized carbons (Fsp3) is 0.286. The largest absolute Gasteiger partial charge is 0.468 e. The molecule has 0 N–H and O–H groups in total. The van der Waals surface area contributed by atoms with Gasteiger partial charge in [-0.1, -0.05) is 22.0 Å². The maximum absolute atomic E-state index is 12.3. The van der Waals surface area contributed by atoms with Gasteiger partial charge >= 0.3 is 5.97 Å². The predicted octanol–water partition coefficient (Wildman–Crippen LogP) is 1.31. The second-order valence-corrected chi connectivity index (χ2v) is 5.51. The first kappa shape index (κ1) is 15.4. The molecule has 0 saturated carbocycles. The highest BCUT2D eigenvalue weighted by molar-refractivity contribution is 9.10. The molecule has 1 unspecified atom stereocenters. The van der Waals surface area contributed by atoms with Gasteiger partial charge in [-0.2, -0.15) is 0 Å². The number of imide groups is 1. The predicted molar refractivity (Wildman–Crippen MR) is 75.2 cm³/mol. The molecule has 0 spiro atoms. The van der Waals surface area contributed by atoms with Crippen LogP contribution in [0.15, 0.2) is 22.7 Å². The van der Waals surface area contributed by atoms with Crippen molar-refractivity contribution in [3.05, 3.63) is 33.8 Å². The molecule has 1 heterocycles. The van der Waals surface area contributed by atoms with Gasteiger partial charge in [0.2, 0.25) is 0 Å². The van der Waals surface area contributed by atoms with E-state index in [4.69, 9.17) is 0 Å². The van der Waals surface area contributed by atoms with E-state index in [2.05, 4.69) is 20.7 Å². The van der Waals surface area contributed by atoms with Crippen LogP contribution < -0.4 is 0 Å². The zero-order valence-electron chi connectivity index (χ0n) is 11.4. The summed E-state index contributed by atoms with van der Waals surface area (Å²) in [4.78, 5) is 48.6. The van der Waals surface area contributed by atoms with Crippen molar-refractivity contribution in [3.8, 4) is 0 Å². The Labute approximate surface area is 129 Å². The number of halogens is 1. The van der Waals surface area contributed by atoms with Crippen molar-refractivity contribution in [2.24, 2.45) is 5.92 Å². The van der Waals surface area contributed by atoms with Gasteiger partial charge in [-0.05, 0) is 24.6 Å². The molecule has 0 bridgehead atoms. The van der Waals surface area contributed by atoms with Crippen LogP contribution in [0.3, 0.4) is 0 Å². The van der Waals surface area contributed by atoms with Crippen LogP contribution in [0.25, 0.3) is 0 Å². The fourth-order valence-corrected chi connectivity index (χ4v) is 2.53. The molecular weight excluding hydrogens is 342 g/mol. The number of amides is 2. The number of hydrogen-bond donors (Lipinski definition) is 0. The van der Waals surface area contributed by atoms with E-state index in [0.717, 1.165) is 18.9 Å². The molecule has 0 aromatic heterocycles. The fourth-order valence-electron chi connectivity index (χ4n) is 2.17. The molecule has 1 aliphatic rings. The van der Waals surface area contributed by atoms with Crippen molar-refractivity contribution in [2.75, 3.05) is 7.11 Å². The summed E-state index contributed by atoms with van der Waals surface area (Å²) in [6, 6.07) is 5.07. The minimum atomic E-state index is -1.60. The number of rotatable bonds is 3. The van der Waals surface area contributed by atoms with E-state index in [1.165, 1.54) is 0 Å². The lowest BCUT2D eigenvalue weighted by Gasteiger charge is -2.18. The Hall–Kier alpha value is -2.02. The lowest BCUT2D eigenvalue weighted by Crippen LogP contribution is -2.43. The number of methoxy groups -OCH3 is 1. The molecule has 0 radical (unpaired) electrons. The lowest BCUT2D eigenvalue weighted by molar-refractivity contribution is -0.155. The van der Waals surface area contributed by atoms with E-state index in [0.29, 0.717) is 15.6 Å². The molecule has 0 fully saturated rings. The molecule has 1 aliphatic heterocycles. The van der Waals surface area contributed by atoms with Crippen LogP contribution in [0.4, 0.5) is 0 Å². The van der Waals surface area contributed by atoms with Gasteiger partial charge in [0, 0.05) is 10.0 Å². The Balaban J connectivity index is 2.32. The van der Waals surface area contributed by atoms with Crippen molar-refractivity contribution in [1.82, 2.24) is 4.90 Å². The molecular formula is C14H12BrNO5. The van der Waals surface area contributed by atoms with Crippen molar-refractivity contribution < 1.29 is 23.9 Å². The van der Waals surface area contributed by atoms with Gasteiger partial charge in [-0.15, -0.1) is 0 Å². The highest BCUT2D eigenvalue weighted by atomic mass is 79.9. The summed E-state index contributed by atoms with van der Waals surface area (Å²) in [7, 11) is 1.09. The molecule has 7 heteroatoms. The van der Waals surface area contributed by atoms with Crippen LogP contribution in [0.2, 0.25) is 0 Å². The van der Waals surface area contributed by atoms with Gasteiger partial charge in [0.1, 0.15) is 0 Å². The second-order valence-electron chi connectivity index (χ2n) is 4.60. The number of fused-ring (bicyclic) bond motifs is 1. The Morgan fingerprint density at radius 3 is 2.57 bits per heavy atom. The van der Waals surface area contributed by atoms with Crippen molar-refractivity contribution in [1.29, 1.82) is 0 Å². The third-order valence-corrected chi connectivity index (χ3v) is 3.73. The van der Waals surface area contributed by atoms with E-state index in [9.17, 15) is 19.2 Å². The van der Waals surface area contributed by atoms with Crippen molar-refractivity contribution >= 4 is 39.5 Å². The third-order valence-electron chi connectivity index (χ3n) is 3.23. The van der Waals surface area contributed by atoms with Gasteiger partial charge in [0.05, 0.1) is 13.7 Å². The lowest BCUT2D eigenvalue weighted by atomic mass is 10.0. The number of ether oxygens (including phenoxy) is 1. The van der Waals surface area contributed by atoms with Crippen molar-refractivity contribution in [3.63, 3.8) is 0 Å². The Kier molecular flexibility index (Phi) is 4.22. The molecule has 1 aromatic rings. The maximum atomic E-state index is 12.3. The van der Waals surface area contributed by atoms with Crippen LogP contribution in [-0.2, 0) is 25.7 Å². The molecule has 2 rings (SSSR count). The summed E-state index contributed by atoms with van der Waals surface area (Å²) in [5.41, 5.74) is 1.05. The molecule has 110 valence electrons. The summed E-state index contributed by atoms with van der Waals surface area (Å²) in [6.07, 6.45) is 0.